The molecule has 0 aromatic carbocycles. The van der Waals surface area contributed by atoms with E-state index in [0.29, 0.717) is 13.0 Å². The molecule has 0 radical (unpaired) electrons. The van der Waals surface area contributed by atoms with Crippen LogP contribution in [-0.2, 0) is 18.6 Å². The highest BCUT2D eigenvalue weighted by Gasteiger charge is 2.44. The quantitative estimate of drug-likeness (QED) is 0.452. The van der Waals surface area contributed by atoms with E-state index in [0.717, 1.165) is 0 Å². The van der Waals surface area contributed by atoms with Gasteiger partial charge in [-0.15, -0.1) is 0 Å². The van der Waals surface area contributed by atoms with Gasteiger partial charge in [0.15, 0.2) is 6.29 Å². The Morgan fingerprint density at radius 1 is 1.29 bits per heavy atom. The SMILES string of the molecule is CCCO[C@@H]1O[C@H](COP(=O)(O)O)[C@@H](O)[C@H]1O. The van der Waals surface area contributed by atoms with Gasteiger partial charge in [0.05, 0.1) is 6.61 Å². The van der Waals surface area contributed by atoms with Crippen molar-refractivity contribution >= 4 is 7.82 Å². The summed E-state index contributed by atoms with van der Waals surface area (Å²) in [6.07, 6.45) is -3.88. The normalized spacial score (nSPS) is 34.2. The van der Waals surface area contributed by atoms with Crippen LogP contribution >= 0.6 is 7.82 Å². The van der Waals surface area contributed by atoms with Crippen LogP contribution in [0.5, 0.6) is 0 Å². The van der Waals surface area contributed by atoms with Gasteiger partial charge in [-0.25, -0.2) is 4.57 Å². The van der Waals surface area contributed by atoms with Gasteiger partial charge in [-0.05, 0) is 6.42 Å². The molecule has 0 spiro atoms. The first-order valence-corrected chi connectivity index (χ1v) is 6.71. The van der Waals surface area contributed by atoms with E-state index in [9.17, 15) is 14.8 Å². The highest BCUT2D eigenvalue weighted by atomic mass is 31.2. The Morgan fingerprint density at radius 2 is 1.94 bits per heavy atom. The molecule has 1 rings (SSSR count). The van der Waals surface area contributed by atoms with Crippen molar-refractivity contribution < 1.29 is 38.6 Å². The van der Waals surface area contributed by atoms with Crippen molar-refractivity contribution in [3.63, 3.8) is 0 Å². The monoisotopic (exact) mass is 272 g/mol. The van der Waals surface area contributed by atoms with Gasteiger partial charge in [0.2, 0.25) is 0 Å². The van der Waals surface area contributed by atoms with Gasteiger partial charge < -0.3 is 29.5 Å². The summed E-state index contributed by atoms with van der Waals surface area (Å²) in [5, 5.41) is 19.1. The molecule has 0 aromatic heterocycles. The van der Waals surface area contributed by atoms with E-state index in [1.807, 2.05) is 6.92 Å². The fourth-order valence-electron chi connectivity index (χ4n) is 1.39. The molecule has 0 amide bonds. The van der Waals surface area contributed by atoms with Crippen molar-refractivity contribution in [2.45, 2.75) is 37.9 Å². The topological polar surface area (TPSA) is 126 Å². The number of aliphatic hydroxyl groups excluding tert-OH is 2. The van der Waals surface area contributed by atoms with Crippen LogP contribution in [0.1, 0.15) is 13.3 Å². The molecule has 0 aliphatic carbocycles. The van der Waals surface area contributed by atoms with Crippen LogP contribution in [0.2, 0.25) is 0 Å². The lowest BCUT2D eigenvalue weighted by Gasteiger charge is -2.14. The number of aliphatic hydroxyl groups is 2. The fourth-order valence-corrected chi connectivity index (χ4v) is 1.74. The lowest BCUT2D eigenvalue weighted by molar-refractivity contribution is -0.168. The zero-order chi connectivity index (χ0) is 13.1. The number of hydrogen-bond donors (Lipinski definition) is 4. The number of phosphoric acid groups is 1. The second-order valence-electron chi connectivity index (χ2n) is 3.68. The van der Waals surface area contributed by atoms with Crippen LogP contribution in [0, 0.1) is 0 Å². The summed E-state index contributed by atoms with van der Waals surface area (Å²) < 4.78 is 24.9. The zero-order valence-electron chi connectivity index (χ0n) is 9.30. The second kappa shape index (κ2) is 6.21. The Morgan fingerprint density at radius 3 is 2.47 bits per heavy atom. The summed E-state index contributed by atoms with van der Waals surface area (Å²) in [6, 6.07) is 0. The van der Waals surface area contributed by atoms with Gasteiger partial charge >= 0.3 is 7.82 Å². The van der Waals surface area contributed by atoms with E-state index in [-0.39, 0.29) is 0 Å². The number of ether oxygens (including phenoxy) is 2. The maximum Gasteiger partial charge on any atom is 0.469 e. The first-order chi connectivity index (χ1) is 7.85. The minimum atomic E-state index is -4.62. The molecule has 8 nitrogen and oxygen atoms in total. The Labute approximate surface area is 98.4 Å². The highest BCUT2D eigenvalue weighted by molar-refractivity contribution is 7.46. The molecule has 1 aliphatic rings. The molecule has 17 heavy (non-hydrogen) atoms. The smallest absolute Gasteiger partial charge is 0.387 e. The molecule has 1 heterocycles. The average Bonchev–Trinajstić information content (AvgIpc) is 2.50. The summed E-state index contributed by atoms with van der Waals surface area (Å²) in [5.74, 6) is 0. The molecule has 0 unspecified atom stereocenters. The Bertz CT molecular complexity index is 279. The van der Waals surface area contributed by atoms with Crippen molar-refractivity contribution in [1.29, 1.82) is 0 Å². The third-order valence-electron chi connectivity index (χ3n) is 2.21. The second-order valence-corrected chi connectivity index (χ2v) is 4.92. The van der Waals surface area contributed by atoms with Crippen LogP contribution in [0.3, 0.4) is 0 Å². The Kier molecular flexibility index (Phi) is 5.49. The molecule has 1 saturated heterocycles. The molecule has 0 bridgehead atoms. The van der Waals surface area contributed by atoms with Crippen LogP contribution in [0.4, 0.5) is 0 Å². The Hall–Kier alpha value is -0.0500. The summed E-state index contributed by atoms with van der Waals surface area (Å²) in [6.45, 7) is 1.70. The van der Waals surface area contributed by atoms with Crippen LogP contribution in [0.25, 0.3) is 0 Å². The first kappa shape index (κ1) is 15.0. The molecular formula is C8H17O8P. The van der Waals surface area contributed by atoms with Gasteiger partial charge in [-0.3, -0.25) is 4.52 Å². The van der Waals surface area contributed by atoms with E-state index < -0.39 is 39.0 Å². The van der Waals surface area contributed by atoms with Crippen molar-refractivity contribution in [3.05, 3.63) is 0 Å². The van der Waals surface area contributed by atoms with Crippen LogP contribution in [0.15, 0.2) is 0 Å². The van der Waals surface area contributed by atoms with Gasteiger partial charge in [0, 0.05) is 6.61 Å². The molecule has 1 fully saturated rings. The number of phosphoric ester groups is 1. The van der Waals surface area contributed by atoms with Crippen LogP contribution < -0.4 is 0 Å². The summed E-state index contributed by atoms with van der Waals surface area (Å²) in [7, 11) is -4.62. The van der Waals surface area contributed by atoms with Gasteiger partial charge in [0.1, 0.15) is 18.3 Å². The van der Waals surface area contributed by atoms with E-state index in [1.165, 1.54) is 0 Å². The molecule has 0 saturated carbocycles. The van der Waals surface area contributed by atoms with E-state index in [2.05, 4.69) is 4.52 Å². The minimum absolute atomic E-state index is 0.348. The lowest BCUT2D eigenvalue weighted by Crippen LogP contribution is -2.35. The molecule has 9 heteroatoms. The van der Waals surface area contributed by atoms with E-state index in [1.54, 1.807) is 0 Å². The highest BCUT2D eigenvalue weighted by Crippen LogP contribution is 2.37. The molecular weight excluding hydrogens is 255 g/mol. The third-order valence-corrected chi connectivity index (χ3v) is 2.70. The van der Waals surface area contributed by atoms with Crippen molar-refractivity contribution in [2.24, 2.45) is 0 Å². The summed E-state index contributed by atoms with van der Waals surface area (Å²) >= 11 is 0. The molecule has 1 aliphatic heterocycles. The minimum Gasteiger partial charge on any atom is -0.387 e. The predicted molar refractivity (Wildman–Crippen MR) is 54.9 cm³/mol. The third kappa shape index (κ3) is 4.61. The molecule has 0 aromatic rings. The van der Waals surface area contributed by atoms with Crippen molar-refractivity contribution in [1.82, 2.24) is 0 Å². The van der Waals surface area contributed by atoms with Crippen LogP contribution in [-0.4, -0.2) is 57.8 Å². The standard InChI is InChI=1S/C8H17O8P/c1-2-3-14-8-7(10)6(9)5(16-8)4-15-17(11,12)13/h5-10H,2-4H2,1H3,(H2,11,12,13)/t5-,6-,7-,8-/m1/s1. The molecule has 4 N–H and O–H groups in total. The fraction of sp³-hybridized carbons (Fsp3) is 1.00. The van der Waals surface area contributed by atoms with Gasteiger partial charge in [0.25, 0.3) is 0 Å². The lowest BCUT2D eigenvalue weighted by atomic mass is 10.1. The number of hydrogen-bond acceptors (Lipinski definition) is 6. The Balaban J connectivity index is 2.45. The predicted octanol–water partition coefficient (Wildman–Crippen LogP) is -1.03. The van der Waals surface area contributed by atoms with Gasteiger partial charge in [-0.1, -0.05) is 6.92 Å². The zero-order valence-corrected chi connectivity index (χ0v) is 10.2. The molecule has 4 atom stereocenters. The van der Waals surface area contributed by atoms with Crippen molar-refractivity contribution in [3.8, 4) is 0 Å². The van der Waals surface area contributed by atoms with Crippen molar-refractivity contribution in [2.75, 3.05) is 13.2 Å². The van der Waals surface area contributed by atoms with E-state index in [4.69, 9.17) is 19.3 Å². The van der Waals surface area contributed by atoms with Gasteiger partial charge in [-0.2, -0.15) is 0 Å². The van der Waals surface area contributed by atoms with E-state index >= 15 is 0 Å². The molecule has 102 valence electrons. The summed E-state index contributed by atoms with van der Waals surface area (Å²) in [4.78, 5) is 17.0. The summed E-state index contributed by atoms with van der Waals surface area (Å²) in [5.41, 5.74) is 0. The largest absolute Gasteiger partial charge is 0.469 e. The maximum atomic E-state index is 10.5. The maximum absolute atomic E-state index is 10.5. The first-order valence-electron chi connectivity index (χ1n) is 5.18. The average molecular weight is 272 g/mol. The number of rotatable bonds is 6.